The average Bonchev–Trinajstić information content (AvgIpc) is 2.97. The number of benzene rings is 1. The average molecular weight is 511 g/mol. The van der Waals surface area contributed by atoms with Gasteiger partial charge in [-0.25, -0.2) is 4.98 Å². The van der Waals surface area contributed by atoms with Gasteiger partial charge >= 0.3 is 0 Å². The molecule has 1 aromatic carbocycles. The third-order valence-corrected chi connectivity index (χ3v) is 5.76. The van der Waals surface area contributed by atoms with Crippen molar-refractivity contribution < 1.29 is 14.5 Å². The van der Waals surface area contributed by atoms with Crippen molar-refractivity contribution in [3.05, 3.63) is 61.9 Å². The molecule has 0 aliphatic heterocycles. The monoisotopic (exact) mass is 511 g/mol. The maximum atomic E-state index is 9.71. The molecule has 30 heavy (non-hydrogen) atoms. The van der Waals surface area contributed by atoms with Crippen LogP contribution >= 0.6 is 22.6 Å². The van der Waals surface area contributed by atoms with Crippen LogP contribution in [0.15, 0.2) is 30.4 Å². The van der Waals surface area contributed by atoms with Crippen molar-refractivity contribution in [1.29, 1.82) is 10.5 Å². The van der Waals surface area contributed by atoms with E-state index in [2.05, 4.69) is 46.3 Å². The van der Waals surface area contributed by atoms with Gasteiger partial charge in [0, 0.05) is 5.56 Å². The van der Waals surface area contributed by atoms with Crippen molar-refractivity contribution in [3.63, 3.8) is 0 Å². The van der Waals surface area contributed by atoms with E-state index in [9.17, 15) is 10.5 Å². The Hall–Kier alpha value is -3.30. The van der Waals surface area contributed by atoms with E-state index < -0.39 is 0 Å². The zero-order chi connectivity index (χ0) is 22.0. The Kier molecular flexibility index (Phi) is 6.14. The first kappa shape index (κ1) is 21.4. The summed E-state index contributed by atoms with van der Waals surface area (Å²) in [6, 6.07) is 8.27. The summed E-state index contributed by atoms with van der Waals surface area (Å²) < 4.78 is 12.1. The molecule has 1 aliphatic rings. The number of H-pyrrole nitrogens is 1. The van der Waals surface area contributed by atoms with Crippen LogP contribution in [0.5, 0.6) is 11.5 Å². The summed E-state index contributed by atoms with van der Waals surface area (Å²) in [4.78, 5) is 3.04. The number of nitrogens with zero attached hydrogens (tertiary/aromatic N) is 2. The third-order valence-electron chi connectivity index (χ3n) is 4.96. The smallest absolute Gasteiger partial charge is 0.289 e. The lowest BCUT2D eigenvalue weighted by Crippen LogP contribution is -2.20. The highest BCUT2D eigenvalue weighted by Crippen LogP contribution is 2.43. The summed E-state index contributed by atoms with van der Waals surface area (Å²) in [6.07, 6.45) is 3.66. The molecule has 0 saturated carbocycles. The maximum Gasteiger partial charge on any atom is 0.289 e. The number of aromatic amines is 1. The first-order chi connectivity index (χ1) is 14.4. The molecule has 0 amide bonds. The van der Waals surface area contributed by atoms with Gasteiger partial charge in [-0.1, -0.05) is 12.7 Å². The van der Waals surface area contributed by atoms with Gasteiger partial charge in [0.05, 0.1) is 10.7 Å². The Labute approximate surface area is 189 Å². The number of anilines is 1. The number of methoxy groups -OCH3 is 1. The number of hydrogen-bond donors (Lipinski definition) is 1. The zero-order valence-corrected chi connectivity index (χ0v) is 19.0. The number of ether oxygens (including phenoxy) is 2. The number of halogens is 1. The van der Waals surface area contributed by atoms with E-state index >= 15 is 0 Å². The van der Waals surface area contributed by atoms with E-state index in [1.54, 1.807) is 13.2 Å². The summed E-state index contributed by atoms with van der Waals surface area (Å²) in [6.45, 7) is 7.79. The van der Waals surface area contributed by atoms with E-state index in [0.717, 1.165) is 31.4 Å². The summed E-state index contributed by atoms with van der Waals surface area (Å²) in [5.74, 6) is 1.52. The third kappa shape index (κ3) is 3.53. The van der Waals surface area contributed by atoms with Crippen LogP contribution in [0.3, 0.4) is 0 Å². The van der Waals surface area contributed by atoms with Gasteiger partial charge in [0.25, 0.3) is 5.82 Å². The van der Waals surface area contributed by atoms with Gasteiger partial charge in [0.15, 0.2) is 17.2 Å². The molecule has 7 heteroatoms. The molecule has 6 nitrogen and oxygen atoms in total. The predicted molar refractivity (Wildman–Crippen MR) is 124 cm³/mol. The summed E-state index contributed by atoms with van der Waals surface area (Å²) in [5, 5.41) is 19.2. The van der Waals surface area contributed by atoms with Gasteiger partial charge in [-0.3, -0.25) is 5.73 Å². The summed E-state index contributed by atoms with van der Waals surface area (Å²) in [5.41, 5.74) is 11.7. The standard InChI is InChI=1S/C23H19IN4O2/c1-5-6-30-22-18(24)8-14(9-19(22)29-4)7-15-12(2)16(10-25)21-20(15)13(3)17(11-26)23(27)28-21/h5,7-9H,1,6H2,2-4H3,(H2,27,28)/p+1/b15-7+. The second-order valence-corrected chi connectivity index (χ2v) is 7.87. The molecule has 0 unspecified atom stereocenters. The van der Waals surface area contributed by atoms with E-state index in [4.69, 9.17) is 15.2 Å². The number of nitriles is 2. The fraction of sp³-hybridized carbons (Fsp3) is 0.174. The first-order valence-corrected chi connectivity index (χ1v) is 10.2. The molecule has 3 rings (SSSR count). The molecular weight excluding hydrogens is 491 g/mol. The van der Waals surface area contributed by atoms with E-state index in [0.29, 0.717) is 34.9 Å². The highest BCUT2D eigenvalue weighted by atomic mass is 127. The fourth-order valence-corrected chi connectivity index (χ4v) is 4.33. The number of nitrogens with two attached hydrogens (primary N) is 1. The van der Waals surface area contributed by atoms with Gasteiger partial charge in [-0.15, -0.1) is 0 Å². The lowest BCUT2D eigenvalue weighted by molar-refractivity contribution is -0.364. The number of pyridine rings is 1. The van der Waals surface area contributed by atoms with Crippen molar-refractivity contribution in [1.82, 2.24) is 0 Å². The molecule has 3 N–H and O–H groups in total. The molecule has 1 aromatic heterocycles. The molecule has 0 saturated heterocycles. The highest BCUT2D eigenvalue weighted by molar-refractivity contribution is 14.1. The lowest BCUT2D eigenvalue weighted by atomic mass is 9.95. The minimum atomic E-state index is 0.260. The van der Waals surface area contributed by atoms with Crippen molar-refractivity contribution >= 4 is 45.6 Å². The molecule has 2 aromatic rings. The first-order valence-electron chi connectivity index (χ1n) is 9.08. The molecule has 0 bridgehead atoms. The van der Waals surface area contributed by atoms with Crippen LogP contribution in [0, 0.1) is 33.2 Å². The van der Waals surface area contributed by atoms with Gasteiger partial charge in [-0.2, -0.15) is 10.5 Å². The van der Waals surface area contributed by atoms with Crippen LogP contribution in [0.4, 0.5) is 5.82 Å². The maximum absolute atomic E-state index is 9.71. The summed E-state index contributed by atoms with van der Waals surface area (Å²) in [7, 11) is 1.59. The van der Waals surface area contributed by atoms with Crippen LogP contribution in [0.1, 0.15) is 34.9 Å². The second-order valence-electron chi connectivity index (χ2n) is 6.70. The normalized spacial score (nSPS) is 13.6. The number of fused-ring (bicyclic) bond motifs is 1. The number of aromatic nitrogens is 1. The van der Waals surface area contributed by atoms with E-state index in [1.165, 1.54) is 0 Å². The largest absolute Gasteiger partial charge is 0.493 e. The van der Waals surface area contributed by atoms with Crippen molar-refractivity contribution in [2.45, 2.75) is 13.8 Å². The number of hydrogen-bond acceptors (Lipinski definition) is 5. The topological polar surface area (TPSA) is 106 Å². The van der Waals surface area contributed by atoms with Crippen LogP contribution in [0.25, 0.3) is 17.2 Å². The van der Waals surface area contributed by atoms with Crippen molar-refractivity contribution in [3.8, 4) is 23.6 Å². The molecule has 0 fully saturated rings. The van der Waals surface area contributed by atoms with Crippen LogP contribution in [0.2, 0.25) is 0 Å². The predicted octanol–water partition coefficient (Wildman–Crippen LogP) is 4.29. The molecule has 1 aliphatic carbocycles. The van der Waals surface area contributed by atoms with Crippen molar-refractivity contribution in [2.24, 2.45) is 0 Å². The van der Waals surface area contributed by atoms with E-state index in [-0.39, 0.29) is 5.82 Å². The molecule has 0 atom stereocenters. The minimum absolute atomic E-state index is 0.260. The molecule has 150 valence electrons. The summed E-state index contributed by atoms with van der Waals surface area (Å²) >= 11 is 2.20. The molecule has 0 radical (unpaired) electrons. The zero-order valence-electron chi connectivity index (χ0n) is 16.9. The SMILES string of the molecule is C=CCOc1c(I)cc(/C=C2\C(C)=C(C#N)c3[nH+]c(N)c(C#N)c(C)c32)cc1OC. The minimum Gasteiger partial charge on any atom is -0.493 e. The Bertz CT molecular complexity index is 1210. The highest BCUT2D eigenvalue weighted by Gasteiger charge is 2.32. The Morgan fingerprint density at radius 3 is 2.60 bits per heavy atom. The quantitative estimate of drug-likeness (QED) is 0.476. The van der Waals surface area contributed by atoms with Gasteiger partial charge < -0.3 is 9.47 Å². The van der Waals surface area contributed by atoms with E-state index in [1.807, 2.05) is 32.1 Å². The Balaban J connectivity index is 2.24. The fourth-order valence-electron chi connectivity index (χ4n) is 3.54. The Morgan fingerprint density at radius 2 is 2.00 bits per heavy atom. The van der Waals surface area contributed by atoms with Crippen LogP contribution in [-0.4, -0.2) is 13.7 Å². The number of nitrogen functional groups attached to an aromatic ring is 1. The molecule has 1 heterocycles. The number of rotatable bonds is 5. The van der Waals surface area contributed by atoms with Gasteiger partial charge in [0.2, 0.25) is 0 Å². The Morgan fingerprint density at radius 1 is 1.27 bits per heavy atom. The van der Waals surface area contributed by atoms with Crippen molar-refractivity contribution in [2.75, 3.05) is 19.5 Å². The van der Waals surface area contributed by atoms with Gasteiger partial charge in [0.1, 0.15) is 29.9 Å². The second kappa shape index (κ2) is 8.60. The number of allylic oxidation sites excluding steroid dienone is 3. The molecule has 0 spiro atoms. The lowest BCUT2D eigenvalue weighted by Gasteiger charge is -2.13. The number of nitrogens with one attached hydrogen (secondary N) is 1. The molecular formula is C23H20IN4O2+. The van der Waals surface area contributed by atoms with Gasteiger partial charge in [-0.05, 0) is 76.9 Å². The van der Waals surface area contributed by atoms with Crippen LogP contribution in [-0.2, 0) is 0 Å². The van der Waals surface area contributed by atoms with Crippen LogP contribution < -0.4 is 20.2 Å².